The quantitative estimate of drug-likeness (QED) is 0.848. The van der Waals surface area contributed by atoms with E-state index in [-0.39, 0.29) is 5.54 Å². The third-order valence-corrected chi connectivity index (χ3v) is 5.96. The van der Waals surface area contributed by atoms with Gasteiger partial charge in [0.1, 0.15) is 0 Å². The lowest BCUT2D eigenvalue weighted by molar-refractivity contribution is 0.0358. The Morgan fingerprint density at radius 3 is 2.68 bits per heavy atom. The molecule has 3 heteroatoms. The molecule has 3 fully saturated rings. The van der Waals surface area contributed by atoms with Crippen LogP contribution >= 0.6 is 0 Å². The van der Waals surface area contributed by atoms with Crippen molar-refractivity contribution in [2.45, 2.75) is 62.9 Å². The molecule has 0 amide bonds. The Labute approximate surface area is 118 Å². The van der Waals surface area contributed by atoms with Gasteiger partial charge in [0.2, 0.25) is 0 Å². The lowest BCUT2D eigenvalue weighted by Crippen LogP contribution is -2.53. The topological polar surface area (TPSA) is 32.5 Å². The predicted octanol–water partition coefficient (Wildman–Crippen LogP) is 2.06. The monoisotopic (exact) mass is 265 g/mol. The lowest BCUT2D eigenvalue weighted by atomic mass is 9.84. The number of likely N-dealkylation sites (tertiary alicyclic amines) is 2. The van der Waals surface area contributed by atoms with E-state index in [0.29, 0.717) is 0 Å². The summed E-state index contributed by atoms with van der Waals surface area (Å²) >= 11 is 0. The molecule has 3 rings (SSSR count). The summed E-state index contributed by atoms with van der Waals surface area (Å²) in [5, 5.41) is 0. The largest absolute Gasteiger partial charge is 0.325 e. The van der Waals surface area contributed by atoms with Gasteiger partial charge in [-0.05, 0) is 71.1 Å². The van der Waals surface area contributed by atoms with E-state index >= 15 is 0 Å². The Morgan fingerprint density at radius 2 is 1.89 bits per heavy atom. The molecule has 0 aromatic carbocycles. The zero-order valence-corrected chi connectivity index (χ0v) is 12.6. The highest BCUT2D eigenvalue weighted by Gasteiger charge is 2.35. The van der Waals surface area contributed by atoms with Gasteiger partial charge in [0, 0.05) is 18.1 Å². The fourth-order valence-corrected chi connectivity index (χ4v) is 4.64. The standard InChI is InChI=1S/C16H31N3/c1-18-10-4-5-14-13-19(11-6-15(14)18)12-9-16(17)7-2-3-8-16/h14-15H,2-13,17H2,1H3. The van der Waals surface area contributed by atoms with Crippen LogP contribution in [0.3, 0.4) is 0 Å². The van der Waals surface area contributed by atoms with Crippen molar-refractivity contribution >= 4 is 0 Å². The Hall–Kier alpha value is -0.120. The molecule has 0 aromatic rings. The Balaban J connectivity index is 1.48. The van der Waals surface area contributed by atoms with Gasteiger partial charge in [-0.1, -0.05) is 12.8 Å². The Bertz CT molecular complexity index is 298. The molecule has 1 aliphatic carbocycles. The molecule has 3 aliphatic rings. The molecule has 2 aliphatic heterocycles. The number of fused-ring (bicyclic) bond motifs is 1. The molecule has 0 bridgehead atoms. The van der Waals surface area contributed by atoms with Gasteiger partial charge >= 0.3 is 0 Å². The summed E-state index contributed by atoms with van der Waals surface area (Å²) in [6.07, 6.45) is 10.7. The van der Waals surface area contributed by atoms with E-state index in [2.05, 4.69) is 16.8 Å². The molecule has 0 radical (unpaired) electrons. The second kappa shape index (κ2) is 5.71. The molecule has 0 aromatic heterocycles. The zero-order chi connectivity index (χ0) is 13.3. The van der Waals surface area contributed by atoms with Crippen molar-refractivity contribution in [2.24, 2.45) is 11.7 Å². The molecule has 1 saturated carbocycles. The van der Waals surface area contributed by atoms with Crippen LogP contribution < -0.4 is 5.73 Å². The molecule has 2 atom stereocenters. The zero-order valence-electron chi connectivity index (χ0n) is 12.6. The van der Waals surface area contributed by atoms with Crippen molar-refractivity contribution in [3.8, 4) is 0 Å². The van der Waals surface area contributed by atoms with E-state index in [1.165, 1.54) is 77.5 Å². The minimum absolute atomic E-state index is 0.181. The summed E-state index contributed by atoms with van der Waals surface area (Å²) in [5.74, 6) is 0.921. The van der Waals surface area contributed by atoms with Crippen molar-refractivity contribution in [1.29, 1.82) is 0 Å². The Morgan fingerprint density at radius 1 is 1.11 bits per heavy atom. The van der Waals surface area contributed by atoms with Crippen molar-refractivity contribution in [1.82, 2.24) is 9.80 Å². The van der Waals surface area contributed by atoms with E-state index in [0.717, 1.165) is 12.0 Å². The first-order valence-corrected chi connectivity index (χ1v) is 8.38. The van der Waals surface area contributed by atoms with Gasteiger partial charge in [0.05, 0.1) is 0 Å². The van der Waals surface area contributed by atoms with E-state index < -0.39 is 0 Å². The molecular weight excluding hydrogens is 234 g/mol. The first kappa shape index (κ1) is 13.8. The number of piperidine rings is 2. The van der Waals surface area contributed by atoms with Gasteiger partial charge in [-0.15, -0.1) is 0 Å². The van der Waals surface area contributed by atoms with Crippen molar-refractivity contribution in [3.63, 3.8) is 0 Å². The van der Waals surface area contributed by atoms with Crippen LogP contribution in [-0.2, 0) is 0 Å². The highest BCUT2D eigenvalue weighted by atomic mass is 15.2. The number of hydrogen-bond acceptors (Lipinski definition) is 3. The minimum atomic E-state index is 0.181. The average molecular weight is 265 g/mol. The molecule has 2 unspecified atom stereocenters. The third-order valence-electron chi connectivity index (χ3n) is 5.96. The fraction of sp³-hybridized carbons (Fsp3) is 1.00. The molecule has 0 spiro atoms. The molecule has 2 saturated heterocycles. The predicted molar refractivity (Wildman–Crippen MR) is 80.2 cm³/mol. The highest BCUT2D eigenvalue weighted by Crippen LogP contribution is 2.32. The van der Waals surface area contributed by atoms with E-state index in [9.17, 15) is 0 Å². The summed E-state index contributed by atoms with van der Waals surface area (Å²) in [7, 11) is 2.32. The van der Waals surface area contributed by atoms with Crippen LogP contribution in [0.15, 0.2) is 0 Å². The summed E-state index contributed by atoms with van der Waals surface area (Å²) in [4.78, 5) is 5.31. The van der Waals surface area contributed by atoms with Crippen LogP contribution in [0.25, 0.3) is 0 Å². The van der Waals surface area contributed by atoms with Gasteiger partial charge in [-0.2, -0.15) is 0 Å². The molecule has 3 nitrogen and oxygen atoms in total. The summed E-state index contributed by atoms with van der Waals surface area (Å²) in [6, 6.07) is 0.864. The molecule has 19 heavy (non-hydrogen) atoms. The second-order valence-corrected chi connectivity index (χ2v) is 7.36. The van der Waals surface area contributed by atoms with Crippen LogP contribution in [-0.4, -0.2) is 54.6 Å². The summed E-state index contributed by atoms with van der Waals surface area (Å²) in [6.45, 7) is 5.17. The molecule has 2 heterocycles. The lowest BCUT2D eigenvalue weighted by Gasteiger charge is -2.46. The number of nitrogens with two attached hydrogens (primary N) is 1. The van der Waals surface area contributed by atoms with Gasteiger partial charge in [0.15, 0.2) is 0 Å². The summed E-state index contributed by atoms with van der Waals surface area (Å²) in [5.41, 5.74) is 6.68. The van der Waals surface area contributed by atoms with Crippen LogP contribution in [0.1, 0.15) is 51.4 Å². The van der Waals surface area contributed by atoms with Crippen molar-refractivity contribution in [3.05, 3.63) is 0 Å². The first-order valence-electron chi connectivity index (χ1n) is 8.38. The molecular formula is C16H31N3. The van der Waals surface area contributed by atoms with Crippen molar-refractivity contribution in [2.75, 3.05) is 33.2 Å². The normalized spacial score (nSPS) is 36.3. The van der Waals surface area contributed by atoms with E-state index in [4.69, 9.17) is 5.73 Å². The molecule has 2 N–H and O–H groups in total. The maximum Gasteiger partial charge on any atom is 0.0166 e. The SMILES string of the molecule is CN1CCCC2CN(CCC3(N)CCCC3)CCC21. The maximum absolute atomic E-state index is 6.50. The second-order valence-electron chi connectivity index (χ2n) is 7.36. The number of hydrogen-bond donors (Lipinski definition) is 1. The highest BCUT2D eigenvalue weighted by molar-refractivity contribution is 4.92. The van der Waals surface area contributed by atoms with Crippen LogP contribution in [0, 0.1) is 5.92 Å². The van der Waals surface area contributed by atoms with Gasteiger partial charge in [-0.25, -0.2) is 0 Å². The van der Waals surface area contributed by atoms with Crippen LogP contribution in [0.4, 0.5) is 0 Å². The van der Waals surface area contributed by atoms with E-state index in [1.54, 1.807) is 0 Å². The summed E-state index contributed by atoms with van der Waals surface area (Å²) < 4.78 is 0. The Kier molecular flexibility index (Phi) is 4.16. The van der Waals surface area contributed by atoms with Gasteiger partial charge < -0.3 is 15.5 Å². The van der Waals surface area contributed by atoms with E-state index in [1.807, 2.05) is 0 Å². The smallest absolute Gasteiger partial charge is 0.0166 e. The van der Waals surface area contributed by atoms with Crippen molar-refractivity contribution < 1.29 is 0 Å². The first-order chi connectivity index (χ1) is 9.16. The third kappa shape index (κ3) is 3.14. The maximum atomic E-state index is 6.50. The number of rotatable bonds is 3. The molecule has 110 valence electrons. The minimum Gasteiger partial charge on any atom is -0.325 e. The average Bonchev–Trinajstić information content (AvgIpc) is 2.84. The van der Waals surface area contributed by atoms with Gasteiger partial charge in [-0.3, -0.25) is 0 Å². The van der Waals surface area contributed by atoms with Gasteiger partial charge in [0.25, 0.3) is 0 Å². The van der Waals surface area contributed by atoms with Crippen LogP contribution in [0.2, 0.25) is 0 Å². The number of nitrogens with zero attached hydrogens (tertiary/aromatic N) is 2. The fourth-order valence-electron chi connectivity index (χ4n) is 4.64. The van der Waals surface area contributed by atoms with Crippen LogP contribution in [0.5, 0.6) is 0 Å².